The first-order valence-electron chi connectivity index (χ1n) is 7.02. The Morgan fingerprint density at radius 3 is 3.14 bits per heavy atom. The molecule has 3 aromatic heterocycles. The first-order valence-corrected chi connectivity index (χ1v) is 7.02. The van der Waals surface area contributed by atoms with Crippen LogP contribution in [0, 0.1) is 0 Å². The number of imidazole rings is 2. The molecule has 2 N–H and O–H groups in total. The number of carbonyl (C=O) groups excluding carboxylic acids is 1. The van der Waals surface area contributed by atoms with Gasteiger partial charge in [-0.05, 0) is 0 Å². The van der Waals surface area contributed by atoms with E-state index in [0.29, 0.717) is 24.3 Å². The Kier molecular flexibility index (Phi) is 3.73. The second-order valence-corrected chi connectivity index (χ2v) is 4.80. The molecule has 0 spiro atoms. The predicted molar refractivity (Wildman–Crippen MR) is 79.8 cm³/mol. The number of amides is 1. The Hall–Kier alpha value is -2.90. The zero-order valence-electron chi connectivity index (χ0n) is 12.1. The van der Waals surface area contributed by atoms with Gasteiger partial charge in [-0.15, -0.1) is 0 Å². The fourth-order valence-electron chi connectivity index (χ4n) is 2.35. The molecule has 0 aliphatic rings. The van der Waals surface area contributed by atoms with E-state index < -0.39 is 0 Å². The fraction of sp³-hybridized carbons (Fsp3) is 0.286. The summed E-state index contributed by atoms with van der Waals surface area (Å²) in [5.74, 6) is 0.715. The SMILES string of the molecule is CCc1nccn1CCNC(=O)c1c[nH]c(=O)c2cncn12. The number of rotatable bonds is 5. The van der Waals surface area contributed by atoms with Gasteiger partial charge in [-0.2, -0.15) is 0 Å². The van der Waals surface area contributed by atoms with Crippen LogP contribution >= 0.6 is 0 Å². The molecule has 0 bridgehead atoms. The number of fused-ring (bicyclic) bond motifs is 1. The Bertz CT molecular complexity index is 859. The normalized spacial score (nSPS) is 11.0. The van der Waals surface area contributed by atoms with E-state index in [1.54, 1.807) is 6.20 Å². The fourth-order valence-corrected chi connectivity index (χ4v) is 2.35. The van der Waals surface area contributed by atoms with Crippen molar-refractivity contribution in [2.75, 3.05) is 6.54 Å². The van der Waals surface area contributed by atoms with Gasteiger partial charge in [-0.1, -0.05) is 6.92 Å². The molecule has 3 rings (SSSR count). The molecule has 0 fully saturated rings. The number of aromatic amines is 1. The maximum atomic E-state index is 12.2. The summed E-state index contributed by atoms with van der Waals surface area (Å²) < 4.78 is 3.48. The summed E-state index contributed by atoms with van der Waals surface area (Å²) in [4.78, 5) is 34.5. The quantitative estimate of drug-likeness (QED) is 0.704. The van der Waals surface area contributed by atoms with Crippen LogP contribution in [0.25, 0.3) is 5.52 Å². The average molecular weight is 300 g/mol. The van der Waals surface area contributed by atoms with E-state index in [9.17, 15) is 9.59 Å². The van der Waals surface area contributed by atoms with Crippen LogP contribution in [0.1, 0.15) is 23.2 Å². The number of nitrogens with one attached hydrogen (secondary N) is 2. The minimum Gasteiger partial charge on any atom is -0.349 e. The monoisotopic (exact) mass is 300 g/mol. The maximum absolute atomic E-state index is 12.2. The van der Waals surface area contributed by atoms with Crippen molar-refractivity contribution in [2.24, 2.45) is 0 Å². The smallest absolute Gasteiger partial charge is 0.273 e. The summed E-state index contributed by atoms with van der Waals surface area (Å²) in [6.45, 7) is 3.15. The van der Waals surface area contributed by atoms with Crippen molar-refractivity contribution in [3.63, 3.8) is 0 Å². The number of carbonyl (C=O) groups is 1. The van der Waals surface area contributed by atoms with Crippen LogP contribution in [0.2, 0.25) is 0 Å². The van der Waals surface area contributed by atoms with Gasteiger partial charge in [0.1, 0.15) is 23.4 Å². The van der Waals surface area contributed by atoms with Crippen LogP contribution in [-0.2, 0) is 13.0 Å². The lowest BCUT2D eigenvalue weighted by Crippen LogP contribution is -2.30. The van der Waals surface area contributed by atoms with Crippen LogP contribution in [0.3, 0.4) is 0 Å². The van der Waals surface area contributed by atoms with Crippen molar-refractivity contribution < 1.29 is 4.79 Å². The highest BCUT2D eigenvalue weighted by Crippen LogP contribution is 2.01. The van der Waals surface area contributed by atoms with E-state index in [4.69, 9.17) is 0 Å². The predicted octanol–water partition coefficient (Wildman–Crippen LogP) is 0.211. The van der Waals surface area contributed by atoms with Gasteiger partial charge in [0.15, 0.2) is 0 Å². The third-order valence-corrected chi connectivity index (χ3v) is 3.46. The van der Waals surface area contributed by atoms with Crippen molar-refractivity contribution in [2.45, 2.75) is 19.9 Å². The number of hydrogen-bond donors (Lipinski definition) is 2. The average Bonchev–Trinajstić information content (AvgIpc) is 3.16. The van der Waals surface area contributed by atoms with Gasteiger partial charge in [0, 0.05) is 38.1 Å². The van der Waals surface area contributed by atoms with Crippen molar-refractivity contribution in [3.05, 3.63) is 53.0 Å². The van der Waals surface area contributed by atoms with Crippen molar-refractivity contribution in [1.29, 1.82) is 0 Å². The summed E-state index contributed by atoms with van der Waals surface area (Å²) in [7, 11) is 0. The van der Waals surface area contributed by atoms with E-state index in [1.807, 2.05) is 17.7 Å². The highest BCUT2D eigenvalue weighted by molar-refractivity contribution is 5.92. The standard InChI is InChI=1S/C14H16N6O2/c1-2-12-16-3-5-19(12)6-4-17-13(21)11-8-18-14(22)10-7-15-9-20(10)11/h3,5,7-9H,2,4,6H2,1H3,(H,17,21)(H,18,22). The van der Waals surface area contributed by atoms with Crippen LogP contribution in [0.5, 0.6) is 0 Å². The van der Waals surface area contributed by atoms with Gasteiger partial charge in [-0.3, -0.25) is 14.0 Å². The van der Waals surface area contributed by atoms with E-state index in [0.717, 1.165) is 12.2 Å². The molecule has 0 aliphatic carbocycles. The number of aryl methyl sites for hydroxylation is 1. The zero-order valence-corrected chi connectivity index (χ0v) is 12.1. The molecule has 0 radical (unpaired) electrons. The molecule has 0 aliphatic heterocycles. The Balaban J connectivity index is 1.70. The molecule has 3 heterocycles. The lowest BCUT2D eigenvalue weighted by molar-refractivity contribution is 0.0945. The molecular formula is C14H16N6O2. The number of H-pyrrole nitrogens is 1. The summed E-state index contributed by atoms with van der Waals surface area (Å²) in [5, 5.41) is 2.83. The summed E-state index contributed by atoms with van der Waals surface area (Å²) in [6, 6.07) is 0. The van der Waals surface area contributed by atoms with Crippen molar-refractivity contribution >= 4 is 11.4 Å². The lowest BCUT2D eigenvalue weighted by atomic mass is 10.4. The lowest BCUT2D eigenvalue weighted by Gasteiger charge is -2.09. The van der Waals surface area contributed by atoms with Gasteiger partial charge in [-0.25, -0.2) is 9.97 Å². The van der Waals surface area contributed by atoms with Gasteiger partial charge in [0.05, 0.1) is 6.20 Å². The molecule has 0 unspecified atom stereocenters. The second-order valence-electron chi connectivity index (χ2n) is 4.80. The largest absolute Gasteiger partial charge is 0.349 e. The molecule has 22 heavy (non-hydrogen) atoms. The summed E-state index contributed by atoms with van der Waals surface area (Å²) >= 11 is 0. The molecule has 114 valence electrons. The van der Waals surface area contributed by atoms with E-state index in [1.165, 1.54) is 23.1 Å². The molecule has 0 atom stereocenters. The Labute approximate surface area is 125 Å². The zero-order chi connectivity index (χ0) is 15.5. The van der Waals surface area contributed by atoms with E-state index in [-0.39, 0.29) is 11.5 Å². The van der Waals surface area contributed by atoms with Crippen molar-refractivity contribution in [3.8, 4) is 0 Å². The van der Waals surface area contributed by atoms with Gasteiger partial charge < -0.3 is 14.9 Å². The number of hydrogen-bond acceptors (Lipinski definition) is 4. The highest BCUT2D eigenvalue weighted by atomic mass is 16.2. The van der Waals surface area contributed by atoms with Crippen LogP contribution < -0.4 is 10.9 Å². The molecular weight excluding hydrogens is 284 g/mol. The molecule has 1 amide bonds. The van der Waals surface area contributed by atoms with E-state index in [2.05, 4.69) is 20.3 Å². The summed E-state index contributed by atoms with van der Waals surface area (Å²) in [5.41, 5.74) is 0.407. The Morgan fingerprint density at radius 2 is 2.32 bits per heavy atom. The molecule has 8 nitrogen and oxygen atoms in total. The minimum atomic E-state index is -0.278. The second kappa shape index (κ2) is 5.84. The third-order valence-electron chi connectivity index (χ3n) is 3.46. The molecule has 0 aromatic carbocycles. The third kappa shape index (κ3) is 2.50. The maximum Gasteiger partial charge on any atom is 0.273 e. The summed E-state index contributed by atoms with van der Waals surface area (Å²) in [6.07, 6.45) is 8.74. The van der Waals surface area contributed by atoms with Crippen molar-refractivity contribution in [1.82, 2.24) is 29.2 Å². The molecule has 0 saturated carbocycles. The number of nitrogens with zero attached hydrogens (tertiary/aromatic N) is 4. The minimum absolute atomic E-state index is 0.266. The van der Waals surface area contributed by atoms with E-state index >= 15 is 0 Å². The van der Waals surface area contributed by atoms with Crippen LogP contribution in [-0.4, -0.2) is 36.4 Å². The van der Waals surface area contributed by atoms with Gasteiger partial charge in [0.25, 0.3) is 11.5 Å². The molecule has 0 saturated heterocycles. The topological polar surface area (TPSA) is 97.1 Å². The molecule has 3 aromatic rings. The first-order chi connectivity index (χ1) is 10.7. The molecule has 8 heteroatoms. The van der Waals surface area contributed by atoms with Crippen LogP contribution in [0.15, 0.2) is 35.9 Å². The highest BCUT2D eigenvalue weighted by Gasteiger charge is 2.12. The Morgan fingerprint density at radius 1 is 1.45 bits per heavy atom. The number of aromatic nitrogens is 5. The van der Waals surface area contributed by atoms with Gasteiger partial charge in [0.2, 0.25) is 0 Å². The van der Waals surface area contributed by atoms with Crippen LogP contribution in [0.4, 0.5) is 0 Å². The first kappa shape index (κ1) is 14.1. The van der Waals surface area contributed by atoms with Gasteiger partial charge >= 0.3 is 0 Å².